The van der Waals surface area contributed by atoms with E-state index in [2.05, 4.69) is 10.1 Å². The maximum atomic E-state index is 12.4. The fraction of sp³-hybridized carbons (Fsp3) is 0.133. The average molecular weight is 373 g/mol. The van der Waals surface area contributed by atoms with Crippen LogP contribution in [0.4, 0.5) is 20.2 Å². The van der Waals surface area contributed by atoms with E-state index in [1.807, 2.05) is 0 Å². The van der Waals surface area contributed by atoms with Gasteiger partial charge in [0, 0.05) is 23.9 Å². The summed E-state index contributed by atoms with van der Waals surface area (Å²) in [6.07, 6.45) is 0. The number of carbonyl (C=O) groups is 1. The predicted octanol–water partition coefficient (Wildman–Crippen LogP) is 4.11. The van der Waals surface area contributed by atoms with Crippen molar-refractivity contribution in [1.29, 1.82) is 0 Å². The number of halogens is 3. The number of alkyl halides is 2. The van der Waals surface area contributed by atoms with Crippen molar-refractivity contribution in [3.05, 3.63) is 57.1 Å². The second-order valence-corrected chi connectivity index (χ2v) is 5.03. The van der Waals surface area contributed by atoms with Crippen molar-refractivity contribution < 1.29 is 28.0 Å². The predicted molar refractivity (Wildman–Crippen MR) is 85.7 cm³/mol. The van der Waals surface area contributed by atoms with E-state index in [1.165, 1.54) is 25.3 Å². The SMILES string of the molecule is COc1ccc(NC(=O)c2ccc([N+](=O)[O-])cc2Cl)cc1OC(F)F. The van der Waals surface area contributed by atoms with Crippen LogP contribution in [0.15, 0.2) is 36.4 Å². The molecule has 0 aromatic heterocycles. The topological polar surface area (TPSA) is 90.7 Å². The van der Waals surface area contributed by atoms with Crippen LogP contribution in [0.25, 0.3) is 0 Å². The molecule has 1 N–H and O–H groups in total. The number of nitrogens with zero attached hydrogens (tertiary/aromatic N) is 1. The molecule has 0 unspecified atom stereocenters. The molecule has 2 aromatic carbocycles. The lowest BCUT2D eigenvalue weighted by molar-refractivity contribution is -0.384. The summed E-state index contributed by atoms with van der Waals surface area (Å²) in [7, 11) is 1.28. The van der Waals surface area contributed by atoms with Crippen LogP contribution in [-0.2, 0) is 0 Å². The van der Waals surface area contributed by atoms with E-state index in [4.69, 9.17) is 16.3 Å². The third-order valence-corrected chi connectivity index (χ3v) is 3.36. The van der Waals surface area contributed by atoms with Crippen molar-refractivity contribution in [1.82, 2.24) is 0 Å². The van der Waals surface area contributed by atoms with Crippen LogP contribution in [-0.4, -0.2) is 24.6 Å². The summed E-state index contributed by atoms with van der Waals surface area (Å²) in [6, 6.07) is 7.26. The molecule has 0 aliphatic carbocycles. The molecular weight excluding hydrogens is 362 g/mol. The van der Waals surface area contributed by atoms with Gasteiger partial charge in [0.15, 0.2) is 11.5 Å². The van der Waals surface area contributed by atoms with Gasteiger partial charge in [0.1, 0.15) is 0 Å². The standard InChI is InChI=1S/C15H11ClF2N2O5/c1-24-12-5-2-8(6-13(12)25-15(17)18)19-14(21)10-4-3-9(20(22)23)7-11(10)16/h2-7,15H,1H3,(H,19,21). The molecule has 0 aliphatic heterocycles. The van der Waals surface area contributed by atoms with Crippen molar-refractivity contribution in [3.63, 3.8) is 0 Å². The number of carbonyl (C=O) groups excluding carboxylic acids is 1. The first-order valence-corrected chi connectivity index (χ1v) is 7.07. The van der Waals surface area contributed by atoms with Gasteiger partial charge in [-0.1, -0.05) is 11.6 Å². The lowest BCUT2D eigenvalue weighted by Gasteiger charge is -2.12. The van der Waals surface area contributed by atoms with Gasteiger partial charge in [-0.15, -0.1) is 0 Å². The normalized spacial score (nSPS) is 10.4. The Morgan fingerprint density at radius 2 is 1.96 bits per heavy atom. The van der Waals surface area contributed by atoms with E-state index in [-0.39, 0.29) is 33.5 Å². The second kappa shape index (κ2) is 7.75. The molecule has 0 fully saturated rings. The van der Waals surface area contributed by atoms with Crippen LogP contribution in [0, 0.1) is 10.1 Å². The molecule has 0 saturated carbocycles. The summed E-state index contributed by atoms with van der Waals surface area (Å²) < 4.78 is 34.0. The van der Waals surface area contributed by atoms with E-state index in [0.29, 0.717) is 0 Å². The summed E-state index contributed by atoms with van der Waals surface area (Å²) in [5, 5.41) is 13.0. The number of hydrogen-bond donors (Lipinski definition) is 1. The highest BCUT2D eigenvalue weighted by Crippen LogP contribution is 2.32. The van der Waals surface area contributed by atoms with Crippen molar-refractivity contribution in [3.8, 4) is 11.5 Å². The number of methoxy groups -OCH3 is 1. The quantitative estimate of drug-likeness (QED) is 0.608. The lowest BCUT2D eigenvalue weighted by atomic mass is 10.2. The summed E-state index contributed by atoms with van der Waals surface area (Å²) >= 11 is 5.87. The molecule has 0 saturated heterocycles. The molecule has 7 nitrogen and oxygen atoms in total. The van der Waals surface area contributed by atoms with Crippen molar-refractivity contribution in [2.75, 3.05) is 12.4 Å². The number of nitrogens with one attached hydrogen (secondary N) is 1. The second-order valence-electron chi connectivity index (χ2n) is 4.62. The van der Waals surface area contributed by atoms with Crippen LogP contribution in [0.5, 0.6) is 11.5 Å². The van der Waals surface area contributed by atoms with E-state index >= 15 is 0 Å². The molecule has 2 aromatic rings. The highest BCUT2D eigenvalue weighted by molar-refractivity contribution is 6.34. The lowest BCUT2D eigenvalue weighted by Crippen LogP contribution is -2.13. The highest BCUT2D eigenvalue weighted by Gasteiger charge is 2.17. The van der Waals surface area contributed by atoms with Gasteiger partial charge in [0.2, 0.25) is 0 Å². The fourth-order valence-corrected chi connectivity index (χ4v) is 2.20. The Morgan fingerprint density at radius 3 is 2.52 bits per heavy atom. The van der Waals surface area contributed by atoms with Gasteiger partial charge < -0.3 is 14.8 Å². The minimum absolute atomic E-state index is 0.0144. The van der Waals surface area contributed by atoms with Crippen LogP contribution in [0.3, 0.4) is 0 Å². The first kappa shape index (κ1) is 18.4. The largest absolute Gasteiger partial charge is 0.493 e. The number of benzene rings is 2. The third-order valence-electron chi connectivity index (χ3n) is 3.05. The number of non-ortho nitro benzene ring substituents is 1. The number of amides is 1. The minimum atomic E-state index is -3.07. The zero-order chi connectivity index (χ0) is 18.6. The summed E-state index contributed by atoms with van der Waals surface area (Å²) in [5.41, 5.74) is -0.131. The minimum Gasteiger partial charge on any atom is -0.493 e. The Hall–Kier alpha value is -2.94. The first-order valence-electron chi connectivity index (χ1n) is 6.70. The Balaban J connectivity index is 2.24. The van der Waals surface area contributed by atoms with Gasteiger partial charge in [-0.2, -0.15) is 8.78 Å². The highest BCUT2D eigenvalue weighted by atomic mass is 35.5. The molecule has 2 rings (SSSR count). The average Bonchev–Trinajstić information content (AvgIpc) is 2.54. The summed E-state index contributed by atoms with van der Waals surface area (Å²) in [5.74, 6) is -0.871. The smallest absolute Gasteiger partial charge is 0.387 e. The number of ether oxygens (including phenoxy) is 2. The zero-order valence-corrected chi connectivity index (χ0v) is 13.4. The van der Waals surface area contributed by atoms with Crippen LogP contribution in [0.2, 0.25) is 5.02 Å². The van der Waals surface area contributed by atoms with Gasteiger partial charge in [0.25, 0.3) is 11.6 Å². The molecule has 0 aliphatic rings. The van der Waals surface area contributed by atoms with Gasteiger partial charge in [0.05, 0.1) is 22.6 Å². The van der Waals surface area contributed by atoms with E-state index in [9.17, 15) is 23.7 Å². The molecule has 0 heterocycles. The monoisotopic (exact) mass is 372 g/mol. The van der Waals surface area contributed by atoms with Crippen molar-refractivity contribution in [2.24, 2.45) is 0 Å². The Morgan fingerprint density at radius 1 is 1.24 bits per heavy atom. The number of anilines is 1. The first-order chi connectivity index (χ1) is 11.8. The van der Waals surface area contributed by atoms with E-state index in [1.54, 1.807) is 0 Å². The number of hydrogen-bond acceptors (Lipinski definition) is 5. The molecule has 10 heteroatoms. The van der Waals surface area contributed by atoms with Crippen molar-refractivity contribution >= 4 is 28.9 Å². The Kier molecular flexibility index (Phi) is 5.71. The zero-order valence-electron chi connectivity index (χ0n) is 12.7. The summed E-state index contributed by atoms with van der Waals surface area (Å²) in [4.78, 5) is 22.2. The Bertz CT molecular complexity index is 817. The van der Waals surface area contributed by atoms with Crippen LogP contribution in [0.1, 0.15) is 10.4 Å². The van der Waals surface area contributed by atoms with E-state index in [0.717, 1.165) is 18.2 Å². The molecule has 0 radical (unpaired) electrons. The summed E-state index contributed by atoms with van der Waals surface area (Å²) in [6.45, 7) is -3.07. The van der Waals surface area contributed by atoms with Crippen molar-refractivity contribution in [2.45, 2.75) is 6.61 Å². The molecule has 132 valence electrons. The van der Waals surface area contributed by atoms with Crippen LogP contribution >= 0.6 is 11.6 Å². The maximum Gasteiger partial charge on any atom is 0.387 e. The molecule has 0 spiro atoms. The molecule has 1 amide bonds. The maximum absolute atomic E-state index is 12.4. The third kappa shape index (κ3) is 4.54. The number of rotatable bonds is 6. The molecular formula is C15H11ClF2N2O5. The number of nitro groups is 1. The van der Waals surface area contributed by atoms with Gasteiger partial charge in [-0.25, -0.2) is 0 Å². The molecule has 25 heavy (non-hydrogen) atoms. The molecule has 0 atom stereocenters. The van der Waals surface area contributed by atoms with E-state index < -0.39 is 17.4 Å². The molecule has 0 bridgehead atoms. The van der Waals surface area contributed by atoms with Gasteiger partial charge in [-0.3, -0.25) is 14.9 Å². The van der Waals surface area contributed by atoms with Crippen LogP contribution < -0.4 is 14.8 Å². The van der Waals surface area contributed by atoms with Gasteiger partial charge in [-0.05, 0) is 18.2 Å². The fourth-order valence-electron chi connectivity index (χ4n) is 1.94. The number of nitro benzene ring substituents is 1. The van der Waals surface area contributed by atoms with Gasteiger partial charge >= 0.3 is 6.61 Å². The Labute approximate surface area is 145 Å².